The fourth-order valence-electron chi connectivity index (χ4n) is 2.22. The summed E-state index contributed by atoms with van der Waals surface area (Å²) in [4.78, 5) is 39.8. The highest BCUT2D eigenvalue weighted by Crippen LogP contribution is 2.01. The van der Waals surface area contributed by atoms with E-state index in [1.165, 1.54) is 17.9 Å². The van der Waals surface area contributed by atoms with Crippen LogP contribution in [0.3, 0.4) is 0 Å². The predicted molar refractivity (Wildman–Crippen MR) is 92.3 cm³/mol. The first kappa shape index (κ1) is 18.1. The molecule has 0 fully saturated rings. The van der Waals surface area contributed by atoms with Crippen molar-refractivity contribution in [1.82, 2.24) is 19.1 Å². The number of carboxylic acids is 1. The van der Waals surface area contributed by atoms with Crippen molar-refractivity contribution in [3.05, 3.63) is 63.1 Å². The number of carboxylic acid groups (broad SMARTS) is 1. The van der Waals surface area contributed by atoms with Crippen LogP contribution in [0.25, 0.3) is 11.2 Å². The largest absolute Gasteiger partial charge is 0.480 e. The van der Waals surface area contributed by atoms with Gasteiger partial charge in [0.1, 0.15) is 11.6 Å². The number of nitrogens with zero attached hydrogens (tertiary/aromatic N) is 3. The van der Waals surface area contributed by atoms with Crippen molar-refractivity contribution >= 4 is 17.1 Å². The number of H-pyrrole nitrogens is 1. The molecule has 2 aromatic heterocycles. The van der Waals surface area contributed by atoms with Gasteiger partial charge in [0.15, 0.2) is 5.65 Å². The lowest BCUT2D eigenvalue weighted by molar-refractivity contribution is -0.138. The van der Waals surface area contributed by atoms with Crippen molar-refractivity contribution < 1.29 is 9.90 Å². The Bertz CT molecular complexity index is 987. The number of benzene rings is 1. The van der Waals surface area contributed by atoms with E-state index in [1.54, 1.807) is 7.05 Å². The van der Waals surface area contributed by atoms with Gasteiger partial charge in [-0.1, -0.05) is 30.3 Å². The van der Waals surface area contributed by atoms with E-state index in [1.807, 2.05) is 30.3 Å². The van der Waals surface area contributed by atoms with Crippen molar-refractivity contribution in [3.63, 3.8) is 0 Å². The minimum atomic E-state index is -0.959. The zero-order valence-corrected chi connectivity index (χ0v) is 13.8. The smallest absolute Gasteiger partial charge is 0.332 e. The fourth-order valence-corrected chi connectivity index (χ4v) is 2.22. The molecule has 0 saturated carbocycles. The van der Waals surface area contributed by atoms with Gasteiger partial charge in [0, 0.05) is 14.1 Å². The van der Waals surface area contributed by atoms with Gasteiger partial charge < -0.3 is 15.8 Å². The highest BCUT2D eigenvalue weighted by atomic mass is 16.4. The number of nitrogens with two attached hydrogens (primary N) is 1. The molecule has 1 atom stereocenters. The normalized spacial score (nSPS) is 11.6. The molecule has 4 N–H and O–H groups in total. The van der Waals surface area contributed by atoms with E-state index in [0.29, 0.717) is 17.6 Å². The number of imidazole rings is 1. The molecule has 0 aliphatic heterocycles. The first-order valence-electron chi connectivity index (χ1n) is 7.44. The number of aromatic amines is 1. The summed E-state index contributed by atoms with van der Waals surface area (Å²) in [5.41, 5.74) is 6.31. The Morgan fingerprint density at radius 1 is 1.24 bits per heavy atom. The number of hydrogen-bond acceptors (Lipinski definition) is 5. The Hall–Kier alpha value is -3.20. The van der Waals surface area contributed by atoms with E-state index in [0.717, 1.165) is 10.1 Å². The Balaban J connectivity index is 0.000000181. The maximum Gasteiger partial charge on any atom is 0.332 e. The number of aromatic nitrogens is 4. The first-order valence-corrected chi connectivity index (χ1v) is 7.44. The van der Waals surface area contributed by atoms with Crippen molar-refractivity contribution in [2.24, 2.45) is 19.8 Å². The van der Waals surface area contributed by atoms with Crippen LogP contribution in [-0.4, -0.2) is 36.2 Å². The Labute approximate surface area is 142 Å². The minimum absolute atomic E-state index is 0.351. The molecule has 0 spiro atoms. The van der Waals surface area contributed by atoms with Gasteiger partial charge in [-0.15, -0.1) is 0 Å². The van der Waals surface area contributed by atoms with E-state index >= 15 is 0 Å². The Morgan fingerprint density at radius 3 is 2.48 bits per heavy atom. The van der Waals surface area contributed by atoms with E-state index < -0.39 is 12.0 Å². The number of aryl methyl sites for hydroxylation is 1. The van der Waals surface area contributed by atoms with Crippen LogP contribution in [0.4, 0.5) is 0 Å². The van der Waals surface area contributed by atoms with Crippen LogP contribution in [0.15, 0.2) is 46.2 Å². The molecule has 0 unspecified atom stereocenters. The third-order valence-electron chi connectivity index (χ3n) is 3.65. The standard InChI is InChI=1S/C9H11NO2.C7H8N4O2/c10-8(9(11)12)6-7-4-2-1-3-5-7;1-10-5-4(8-3-9-5)6(12)11(2)7(10)13/h1-5,8H,6,10H2,(H,11,12);3H,1-2H3,(H,8,9)/t8-;/m0./s1. The zero-order valence-electron chi connectivity index (χ0n) is 13.8. The maximum atomic E-state index is 11.4. The predicted octanol–water partition coefficient (Wildman–Crippen LogP) is -0.399. The van der Waals surface area contributed by atoms with Crippen LogP contribution >= 0.6 is 0 Å². The molecule has 0 saturated heterocycles. The maximum absolute atomic E-state index is 11.4. The number of nitrogens with one attached hydrogen (secondary N) is 1. The molecule has 0 amide bonds. The third kappa shape index (κ3) is 4.01. The molecule has 132 valence electrons. The van der Waals surface area contributed by atoms with Gasteiger partial charge in [-0.25, -0.2) is 9.78 Å². The number of fused-ring (bicyclic) bond motifs is 1. The van der Waals surface area contributed by atoms with Crippen LogP contribution < -0.4 is 17.0 Å². The fraction of sp³-hybridized carbons (Fsp3) is 0.250. The van der Waals surface area contributed by atoms with Gasteiger partial charge in [0.25, 0.3) is 5.56 Å². The number of aliphatic carboxylic acids is 1. The summed E-state index contributed by atoms with van der Waals surface area (Å²) in [6, 6.07) is 8.54. The monoisotopic (exact) mass is 345 g/mol. The Morgan fingerprint density at radius 2 is 1.88 bits per heavy atom. The second-order valence-electron chi connectivity index (χ2n) is 5.44. The quantitative estimate of drug-likeness (QED) is 0.591. The molecular weight excluding hydrogens is 326 g/mol. The molecule has 3 rings (SSSR count). The third-order valence-corrected chi connectivity index (χ3v) is 3.65. The zero-order chi connectivity index (χ0) is 18.6. The van der Waals surface area contributed by atoms with Crippen LogP contribution in [0, 0.1) is 0 Å². The first-order chi connectivity index (χ1) is 11.8. The number of carbonyl (C=O) groups is 1. The van der Waals surface area contributed by atoms with Gasteiger partial charge >= 0.3 is 11.7 Å². The molecule has 9 heteroatoms. The van der Waals surface area contributed by atoms with Crippen molar-refractivity contribution in [2.45, 2.75) is 12.5 Å². The van der Waals surface area contributed by atoms with Gasteiger partial charge in [0.2, 0.25) is 0 Å². The lowest BCUT2D eigenvalue weighted by atomic mass is 10.1. The molecule has 0 radical (unpaired) electrons. The molecule has 9 nitrogen and oxygen atoms in total. The minimum Gasteiger partial charge on any atom is -0.480 e. The van der Waals surface area contributed by atoms with Crippen LogP contribution in [0.5, 0.6) is 0 Å². The molecule has 0 aliphatic rings. The highest BCUT2D eigenvalue weighted by Gasteiger charge is 2.11. The molecular formula is C16H19N5O4. The van der Waals surface area contributed by atoms with Gasteiger partial charge in [0.05, 0.1) is 6.33 Å². The lowest BCUT2D eigenvalue weighted by Gasteiger charge is -2.04. The number of hydrogen-bond donors (Lipinski definition) is 3. The topological polar surface area (TPSA) is 136 Å². The lowest BCUT2D eigenvalue weighted by Crippen LogP contribution is -2.36. The summed E-state index contributed by atoms with van der Waals surface area (Å²) in [5, 5.41) is 8.52. The summed E-state index contributed by atoms with van der Waals surface area (Å²) in [6.45, 7) is 0. The van der Waals surface area contributed by atoms with E-state index in [-0.39, 0.29) is 11.2 Å². The highest BCUT2D eigenvalue weighted by molar-refractivity contribution is 5.73. The second-order valence-corrected chi connectivity index (χ2v) is 5.44. The molecule has 1 aromatic carbocycles. The average Bonchev–Trinajstić information content (AvgIpc) is 3.09. The summed E-state index contributed by atoms with van der Waals surface area (Å²) in [7, 11) is 3.01. The molecule has 25 heavy (non-hydrogen) atoms. The number of rotatable bonds is 3. The van der Waals surface area contributed by atoms with Crippen molar-refractivity contribution in [1.29, 1.82) is 0 Å². The molecule has 2 heterocycles. The van der Waals surface area contributed by atoms with E-state index in [4.69, 9.17) is 10.8 Å². The van der Waals surface area contributed by atoms with Crippen LogP contribution in [0.2, 0.25) is 0 Å². The molecule has 0 bridgehead atoms. The van der Waals surface area contributed by atoms with Gasteiger partial charge in [-0.3, -0.25) is 18.7 Å². The second kappa shape index (κ2) is 7.58. The summed E-state index contributed by atoms with van der Waals surface area (Å²) in [6.07, 6.45) is 1.78. The molecule has 0 aliphatic carbocycles. The SMILES string of the molecule is Cn1c(=O)c2[nH]cnc2n(C)c1=O.N[C@@H](Cc1ccccc1)C(=O)O. The Kier molecular flexibility index (Phi) is 5.50. The molecule has 3 aromatic rings. The van der Waals surface area contributed by atoms with Gasteiger partial charge in [-0.2, -0.15) is 0 Å². The van der Waals surface area contributed by atoms with E-state index in [9.17, 15) is 14.4 Å². The van der Waals surface area contributed by atoms with E-state index in [2.05, 4.69) is 9.97 Å². The summed E-state index contributed by atoms with van der Waals surface area (Å²) < 4.78 is 2.37. The van der Waals surface area contributed by atoms with Gasteiger partial charge in [-0.05, 0) is 12.0 Å². The van der Waals surface area contributed by atoms with Crippen LogP contribution in [-0.2, 0) is 25.3 Å². The van der Waals surface area contributed by atoms with Crippen molar-refractivity contribution in [2.75, 3.05) is 0 Å². The summed E-state index contributed by atoms with van der Waals surface area (Å²) in [5.74, 6) is -0.959. The van der Waals surface area contributed by atoms with Crippen LogP contribution in [0.1, 0.15) is 5.56 Å². The van der Waals surface area contributed by atoms with Crippen molar-refractivity contribution in [3.8, 4) is 0 Å². The average molecular weight is 345 g/mol. The summed E-state index contributed by atoms with van der Waals surface area (Å²) >= 11 is 0.